The number of ether oxygens (including phenoxy) is 1. The number of halogens is 1. The topological polar surface area (TPSA) is 130 Å². The molecular weight excluding hydrogens is 654 g/mol. The SMILES string of the molecule is COc1ccc(C(=O)Nc2cccc(CN3C(=O)[C@](O)([C@H](C)/C=C/CCn4cc(C(CO)c5ccccc5)nn4)c4cc(Cl)ccc43)c2)cc1. The fourth-order valence-electron chi connectivity index (χ4n) is 6.24. The summed E-state index contributed by atoms with van der Waals surface area (Å²) in [5.41, 5.74) is 2.63. The number of hydrogen-bond donors (Lipinski definition) is 3. The van der Waals surface area contributed by atoms with E-state index < -0.39 is 17.4 Å². The summed E-state index contributed by atoms with van der Waals surface area (Å²) in [5, 5.41) is 33.9. The molecule has 1 aliphatic rings. The molecule has 256 valence electrons. The first-order valence-electron chi connectivity index (χ1n) is 16.3. The molecular formula is C39H38ClN5O5. The molecule has 0 saturated heterocycles. The van der Waals surface area contributed by atoms with Crippen LogP contribution in [0.1, 0.15) is 52.0 Å². The molecule has 3 atom stereocenters. The van der Waals surface area contributed by atoms with Gasteiger partial charge in [0.1, 0.15) is 5.75 Å². The number of aliphatic hydroxyl groups is 2. The predicted octanol–water partition coefficient (Wildman–Crippen LogP) is 6.33. The van der Waals surface area contributed by atoms with Crippen LogP contribution in [0, 0.1) is 5.92 Å². The fraction of sp³-hybridized carbons (Fsp3) is 0.231. The molecule has 0 fully saturated rings. The van der Waals surface area contributed by atoms with Crippen molar-refractivity contribution in [2.24, 2.45) is 5.92 Å². The van der Waals surface area contributed by atoms with Crippen molar-refractivity contribution in [2.75, 3.05) is 23.9 Å². The van der Waals surface area contributed by atoms with E-state index in [2.05, 4.69) is 15.6 Å². The third-order valence-electron chi connectivity index (χ3n) is 9.02. The summed E-state index contributed by atoms with van der Waals surface area (Å²) in [5.74, 6) is -0.934. The molecule has 0 bridgehead atoms. The zero-order chi connectivity index (χ0) is 35.3. The average molecular weight is 692 g/mol. The molecule has 2 amide bonds. The molecule has 0 aliphatic carbocycles. The van der Waals surface area contributed by atoms with Crippen molar-refractivity contribution in [3.05, 3.63) is 148 Å². The van der Waals surface area contributed by atoms with Crippen LogP contribution in [0.2, 0.25) is 5.02 Å². The largest absolute Gasteiger partial charge is 0.497 e. The first-order chi connectivity index (χ1) is 24.2. The van der Waals surface area contributed by atoms with Crippen LogP contribution < -0.4 is 15.0 Å². The van der Waals surface area contributed by atoms with Gasteiger partial charge in [-0.25, -0.2) is 0 Å². The molecule has 6 rings (SSSR count). The van der Waals surface area contributed by atoms with Gasteiger partial charge in [-0.2, -0.15) is 0 Å². The zero-order valence-corrected chi connectivity index (χ0v) is 28.5. The van der Waals surface area contributed by atoms with E-state index >= 15 is 0 Å². The van der Waals surface area contributed by atoms with Gasteiger partial charge in [0, 0.05) is 40.5 Å². The summed E-state index contributed by atoms with van der Waals surface area (Å²) in [4.78, 5) is 28.5. The molecule has 11 heteroatoms. The minimum absolute atomic E-state index is 0.0815. The Labute approximate surface area is 295 Å². The van der Waals surface area contributed by atoms with Gasteiger partial charge in [-0.05, 0) is 72.1 Å². The molecule has 0 saturated carbocycles. The quantitative estimate of drug-likeness (QED) is 0.123. The van der Waals surface area contributed by atoms with E-state index in [1.165, 1.54) is 0 Å². The van der Waals surface area contributed by atoms with E-state index in [1.807, 2.05) is 66.9 Å². The van der Waals surface area contributed by atoms with Crippen LogP contribution in [0.15, 0.2) is 115 Å². The first-order valence-corrected chi connectivity index (χ1v) is 16.7. The summed E-state index contributed by atoms with van der Waals surface area (Å²) in [7, 11) is 1.57. The van der Waals surface area contributed by atoms with Crippen LogP contribution >= 0.6 is 11.6 Å². The van der Waals surface area contributed by atoms with Crippen LogP contribution in [0.3, 0.4) is 0 Å². The molecule has 3 N–H and O–H groups in total. The average Bonchev–Trinajstić information content (AvgIpc) is 3.68. The van der Waals surface area contributed by atoms with Crippen molar-refractivity contribution < 1.29 is 24.5 Å². The normalized spacial score (nSPS) is 16.7. The maximum atomic E-state index is 14.1. The van der Waals surface area contributed by atoms with Crippen LogP contribution in [0.4, 0.5) is 11.4 Å². The lowest BCUT2D eigenvalue weighted by molar-refractivity contribution is -0.139. The molecule has 1 aromatic heterocycles. The van der Waals surface area contributed by atoms with Crippen LogP contribution in [0.25, 0.3) is 0 Å². The number of anilines is 2. The van der Waals surface area contributed by atoms with Gasteiger partial charge < -0.3 is 25.2 Å². The van der Waals surface area contributed by atoms with Crippen LogP contribution in [-0.4, -0.2) is 50.7 Å². The van der Waals surface area contributed by atoms with E-state index in [0.29, 0.717) is 51.9 Å². The van der Waals surface area contributed by atoms with Crippen molar-refractivity contribution in [2.45, 2.75) is 38.0 Å². The highest BCUT2D eigenvalue weighted by Crippen LogP contribution is 2.46. The van der Waals surface area contributed by atoms with Crippen molar-refractivity contribution in [3.8, 4) is 5.75 Å². The highest BCUT2D eigenvalue weighted by Gasteiger charge is 2.52. The number of aromatic nitrogens is 3. The number of nitrogens with one attached hydrogen (secondary N) is 1. The number of aryl methyl sites for hydroxylation is 1. The van der Waals surface area contributed by atoms with Crippen molar-refractivity contribution in [1.82, 2.24) is 15.0 Å². The van der Waals surface area contributed by atoms with Gasteiger partial charge in [0.05, 0.1) is 37.6 Å². The van der Waals surface area contributed by atoms with Gasteiger partial charge in [0.25, 0.3) is 11.8 Å². The number of carbonyl (C=O) groups is 2. The lowest BCUT2D eigenvalue weighted by Crippen LogP contribution is -2.44. The number of fused-ring (bicyclic) bond motifs is 1. The van der Waals surface area contributed by atoms with E-state index in [9.17, 15) is 19.8 Å². The number of allylic oxidation sites excluding steroid dienone is 1. The molecule has 5 aromatic rings. The number of hydrogen-bond acceptors (Lipinski definition) is 7. The van der Waals surface area contributed by atoms with E-state index in [0.717, 1.165) is 11.1 Å². The molecule has 50 heavy (non-hydrogen) atoms. The summed E-state index contributed by atoms with van der Waals surface area (Å²) >= 11 is 6.38. The number of rotatable bonds is 13. The van der Waals surface area contributed by atoms with Gasteiger partial charge in [0.15, 0.2) is 5.60 Å². The van der Waals surface area contributed by atoms with Crippen LogP contribution in [0.5, 0.6) is 5.75 Å². The Hall–Kier alpha value is -5.29. The number of methoxy groups -OCH3 is 1. The standard InChI is InChI=1S/C39H38ClN5O5/c1-26(9-6-7-20-44-24-35(42-43-44)33(25-46)28-11-4-3-5-12-28)39(49)34-22-30(40)16-19-36(34)45(38(39)48)23-27-10-8-13-31(21-27)41-37(47)29-14-17-32(50-2)18-15-29/h3-6,8-19,21-22,24,26,33,46,49H,7,20,23,25H2,1-2H3,(H,41,47)/b9-6+/t26-,33?,39+/m1/s1. The highest BCUT2D eigenvalue weighted by molar-refractivity contribution is 6.31. The Morgan fingerprint density at radius 2 is 1.82 bits per heavy atom. The Kier molecular flexibility index (Phi) is 10.4. The van der Waals surface area contributed by atoms with Gasteiger partial charge in [0.2, 0.25) is 0 Å². The maximum Gasteiger partial charge on any atom is 0.264 e. The fourth-order valence-corrected chi connectivity index (χ4v) is 6.41. The predicted molar refractivity (Wildman–Crippen MR) is 192 cm³/mol. The Morgan fingerprint density at radius 1 is 1.04 bits per heavy atom. The van der Waals surface area contributed by atoms with Crippen molar-refractivity contribution >= 4 is 34.8 Å². The van der Waals surface area contributed by atoms with E-state index in [-0.39, 0.29) is 25.0 Å². The van der Waals surface area contributed by atoms with Crippen molar-refractivity contribution in [1.29, 1.82) is 0 Å². The lowest BCUT2D eigenvalue weighted by atomic mass is 9.83. The number of nitrogens with zero attached hydrogens (tertiary/aromatic N) is 4. The lowest BCUT2D eigenvalue weighted by Gasteiger charge is -2.27. The second-order valence-corrected chi connectivity index (χ2v) is 12.7. The summed E-state index contributed by atoms with van der Waals surface area (Å²) in [6.07, 6.45) is 6.15. The number of benzene rings is 4. The summed E-state index contributed by atoms with van der Waals surface area (Å²) in [6.45, 7) is 2.42. The molecule has 0 radical (unpaired) electrons. The minimum atomic E-state index is -1.85. The maximum absolute atomic E-state index is 14.1. The summed E-state index contributed by atoms with van der Waals surface area (Å²) in [6, 6.07) is 28.8. The molecule has 2 heterocycles. The monoisotopic (exact) mass is 691 g/mol. The third-order valence-corrected chi connectivity index (χ3v) is 9.25. The van der Waals surface area contributed by atoms with E-state index in [1.54, 1.807) is 72.1 Å². The van der Waals surface area contributed by atoms with Crippen molar-refractivity contribution in [3.63, 3.8) is 0 Å². The minimum Gasteiger partial charge on any atom is -0.497 e. The Bertz CT molecular complexity index is 2000. The summed E-state index contributed by atoms with van der Waals surface area (Å²) < 4.78 is 6.89. The van der Waals surface area contributed by atoms with Gasteiger partial charge in [-0.1, -0.05) is 78.4 Å². The van der Waals surface area contributed by atoms with Gasteiger partial charge in [-0.3, -0.25) is 14.3 Å². The third kappa shape index (κ3) is 7.18. The second-order valence-electron chi connectivity index (χ2n) is 12.3. The van der Waals surface area contributed by atoms with Gasteiger partial charge >= 0.3 is 0 Å². The molecule has 1 aliphatic heterocycles. The highest BCUT2D eigenvalue weighted by atomic mass is 35.5. The number of amides is 2. The molecule has 1 unspecified atom stereocenters. The smallest absolute Gasteiger partial charge is 0.264 e. The Morgan fingerprint density at radius 3 is 2.56 bits per heavy atom. The Balaban J connectivity index is 1.13. The molecule has 0 spiro atoms. The second kappa shape index (κ2) is 15.1. The van der Waals surface area contributed by atoms with E-state index in [4.69, 9.17) is 16.3 Å². The number of carbonyl (C=O) groups excluding carboxylic acids is 2. The van der Waals surface area contributed by atoms with Crippen LogP contribution in [-0.2, 0) is 23.5 Å². The number of aliphatic hydroxyl groups excluding tert-OH is 1. The first kappa shape index (κ1) is 34.6. The molecule has 4 aromatic carbocycles. The zero-order valence-electron chi connectivity index (χ0n) is 27.7. The molecule has 10 nitrogen and oxygen atoms in total. The van der Waals surface area contributed by atoms with Gasteiger partial charge in [-0.15, -0.1) is 5.10 Å².